The Kier molecular flexibility index (Phi) is 3.12. The Hall–Kier alpha value is -0.530. The second-order valence-electron chi connectivity index (χ2n) is 3.01. The van der Waals surface area contributed by atoms with Gasteiger partial charge in [0.05, 0.1) is 12.0 Å². The monoisotopic (exact) mass is 184 g/mol. The first-order chi connectivity index (χ1) is 5.65. The van der Waals surface area contributed by atoms with E-state index < -0.39 is 6.10 Å². The maximum atomic E-state index is 9.41. The van der Waals surface area contributed by atoms with Crippen molar-refractivity contribution in [2.24, 2.45) is 0 Å². The molecular weight excluding hydrogens is 172 g/mol. The Morgan fingerprint density at radius 1 is 1.33 bits per heavy atom. The van der Waals surface area contributed by atoms with Gasteiger partial charge in [-0.2, -0.15) is 0 Å². The fraction of sp³-hybridized carbons (Fsp3) is 0.400. The normalized spacial score (nSPS) is 13.0. The maximum Gasteiger partial charge on any atom is 0.0925 e. The molecule has 1 N–H and O–H groups in total. The Morgan fingerprint density at radius 2 is 2.00 bits per heavy atom. The lowest BCUT2D eigenvalue weighted by Gasteiger charge is -2.08. The van der Waals surface area contributed by atoms with E-state index in [9.17, 15) is 5.11 Å². The summed E-state index contributed by atoms with van der Waals surface area (Å²) in [7, 11) is 0. The van der Waals surface area contributed by atoms with Crippen molar-refractivity contribution in [3.05, 3.63) is 34.9 Å². The summed E-state index contributed by atoms with van der Waals surface area (Å²) in [5, 5.41) is 9.41. The smallest absolute Gasteiger partial charge is 0.0925 e. The Balaban J connectivity index is 2.96. The fourth-order valence-corrected chi connectivity index (χ4v) is 1.24. The number of alkyl halides is 1. The minimum absolute atomic E-state index is 0.252. The minimum Gasteiger partial charge on any atom is -0.387 e. The van der Waals surface area contributed by atoms with Crippen LogP contribution in [0.4, 0.5) is 0 Å². The fourth-order valence-electron chi connectivity index (χ4n) is 1.06. The summed E-state index contributed by atoms with van der Waals surface area (Å²) in [4.78, 5) is 0. The van der Waals surface area contributed by atoms with E-state index in [1.54, 1.807) is 0 Å². The molecule has 0 heterocycles. The molecule has 0 amide bonds. The largest absolute Gasteiger partial charge is 0.387 e. The van der Waals surface area contributed by atoms with E-state index in [4.69, 9.17) is 11.6 Å². The Morgan fingerprint density at radius 3 is 2.50 bits per heavy atom. The third-order valence-electron chi connectivity index (χ3n) is 2.06. The molecule has 0 saturated carbocycles. The summed E-state index contributed by atoms with van der Waals surface area (Å²) in [6, 6.07) is 5.89. The number of hydrogen-bond acceptors (Lipinski definition) is 1. The minimum atomic E-state index is -0.536. The van der Waals surface area contributed by atoms with Gasteiger partial charge in [-0.15, -0.1) is 11.6 Å². The molecular formula is C10H13ClO. The number of benzene rings is 1. The highest BCUT2D eigenvalue weighted by molar-refractivity contribution is 6.18. The Labute approximate surface area is 78.0 Å². The van der Waals surface area contributed by atoms with E-state index in [2.05, 4.69) is 0 Å². The molecule has 1 nitrogen and oxygen atoms in total. The predicted octanol–water partition coefficient (Wildman–Crippen LogP) is 2.58. The summed E-state index contributed by atoms with van der Waals surface area (Å²) in [6.07, 6.45) is -0.536. The number of rotatable bonds is 2. The average Bonchev–Trinajstić information content (AvgIpc) is 2.08. The van der Waals surface area contributed by atoms with Crippen molar-refractivity contribution in [3.63, 3.8) is 0 Å². The molecule has 0 saturated heterocycles. The molecule has 66 valence electrons. The van der Waals surface area contributed by atoms with Gasteiger partial charge in [0, 0.05) is 0 Å². The van der Waals surface area contributed by atoms with Gasteiger partial charge in [0.15, 0.2) is 0 Å². The van der Waals surface area contributed by atoms with Gasteiger partial charge in [0.25, 0.3) is 0 Å². The lowest BCUT2D eigenvalue weighted by Crippen LogP contribution is -1.99. The molecule has 12 heavy (non-hydrogen) atoms. The van der Waals surface area contributed by atoms with E-state index in [0.717, 1.165) is 5.56 Å². The Bertz CT molecular complexity index is 271. The van der Waals surface area contributed by atoms with E-state index in [1.807, 2.05) is 32.0 Å². The third kappa shape index (κ3) is 1.99. The van der Waals surface area contributed by atoms with Crippen molar-refractivity contribution in [1.29, 1.82) is 0 Å². The molecule has 1 aromatic rings. The molecule has 0 radical (unpaired) electrons. The third-order valence-corrected chi connectivity index (χ3v) is 2.35. The topological polar surface area (TPSA) is 20.2 Å². The second-order valence-corrected chi connectivity index (χ2v) is 3.32. The van der Waals surface area contributed by atoms with Crippen molar-refractivity contribution in [2.75, 3.05) is 5.88 Å². The van der Waals surface area contributed by atoms with Gasteiger partial charge < -0.3 is 5.11 Å². The van der Waals surface area contributed by atoms with Crippen molar-refractivity contribution < 1.29 is 5.11 Å². The first-order valence-electron chi connectivity index (χ1n) is 3.96. The van der Waals surface area contributed by atoms with Crippen LogP contribution in [0.15, 0.2) is 18.2 Å². The van der Waals surface area contributed by atoms with Crippen molar-refractivity contribution in [3.8, 4) is 0 Å². The zero-order valence-corrected chi connectivity index (χ0v) is 8.10. The van der Waals surface area contributed by atoms with Gasteiger partial charge in [-0.25, -0.2) is 0 Å². The maximum absolute atomic E-state index is 9.41. The molecule has 0 aliphatic heterocycles. The second kappa shape index (κ2) is 3.92. The number of hydrogen-bond donors (Lipinski definition) is 1. The molecule has 0 bridgehead atoms. The standard InChI is InChI=1S/C10H13ClO/c1-7-3-4-9(5-8(7)2)10(12)6-11/h3-5,10,12H,6H2,1-2H3/t10-/m0/s1. The summed E-state index contributed by atoms with van der Waals surface area (Å²) < 4.78 is 0. The zero-order chi connectivity index (χ0) is 9.14. The molecule has 2 heteroatoms. The van der Waals surface area contributed by atoms with Crippen LogP contribution in [-0.2, 0) is 0 Å². The van der Waals surface area contributed by atoms with Crippen LogP contribution >= 0.6 is 11.6 Å². The highest BCUT2D eigenvalue weighted by Crippen LogP contribution is 2.17. The summed E-state index contributed by atoms with van der Waals surface area (Å²) >= 11 is 5.53. The van der Waals surface area contributed by atoms with Gasteiger partial charge >= 0.3 is 0 Å². The first-order valence-corrected chi connectivity index (χ1v) is 4.49. The van der Waals surface area contributed by atoms with Crippen LogP contribution in [0.3, 0.4) is 0 Å². The number of aliphatic hydroxyl groups is 1. The van der Waals surface area contributed by atoms with Crippen molar-refractivity contribution in [1.82, 2.24) is 0 Å². The number of halogens is 1. The van der Waals surface area contributed by atoms with Crippen LogP contribution in [-0.4, -0.2) is 11.0 Å². The SMILES string of the molecule is Cc1ccc([C@@H](O)CCl)cc1C. The van der Waals surface area contributed by atoms with E-state index >= 15 is 0 Å². The van der Waals surface area contributed by atoms with E-state index in [-0.39, 0.29) is 5.88 Å². The summed E-state index contributed by atoms with van der Waals surface area (Å²) in [6.45, 7) is 4.08. The number of aryl methyl sites for hydroxylation is 2. The molecule has 0 aliphatic rings. The van der Waals surface area contributed by atoms with Crippen molar-refractivity contribution in [2.45, 2.75) is 20.0 Å². The summed E-state index contributed by atoms with van der Waals surface area (Å²) in [5.74, 6) is 0.252. The van der Waals surface area contributed by atoms with Crippen LogP contribution in [0.1, 0.15) is 22.8 Å². The van der Waals surface area contributed by atoms with Gasteiger partial charge in [-0.3, -0.25) is 0 Å². The van der Waals surface area contributed by atoms with Gasteiger partial charge in [-0.05, 0) is 30.5 Å². The predicted molar refractivity (Wildman–Crippen MR) is 51.6 cm³/mol. The molecule has 0 aliphatic carbocycles. The lowest BCUT2D eigenvalue weighted by atomic mass is 10.0. The highest BCUT2D eigenvalue weighted by Gasteiger charge is 2.05. The van der Waals surface area contributed by atoms with Crippen LogP contribution in [0, 0.1) is 13.8 Å². The van der Waals surface area contributed by atoms with Gasteiger partial charge in [0.1, 0.15) is 0 Å². The molecule has 0 fully saturated rings. The number of aliphatic hydroxyl groups excluding tert-OH is 1. The first kappa shape index (κ1) is 9.56. The molecule has 1 rings (SSSR count). The quantitative estimate of drug-likeness (QED) is 0.701. The van der Waals surface area contributed by atoms with Crippen LogP contribution in [0.25, 0.3) is 0 Å². The molecule has 1 aromatic carbocycles. The summed E-state index contributed by atoms with van der Waals surface area (Å²) in [5.41, 5.74) is 3.32. The van der Waals surface area contributed by atoms with E-state index in [0.29, 0.717) is 0 Å². The average molecular weight is 185 g/mol. The van der Waals surface area contributed by atoms with Crippen LogP contribution < -0.4 is 0 Å². The van der Waals surface area contributed by atoms with E-state index in [1.165, 1.54) is 11.1 Å². The van der Waals surface area contributed by atoms with Crippen LogP contribution in [0.2, 0.25) is 0 Å². The van der Waals surface area contributed by atoms with Gasteiger partial charge in [0.2, 0.25) is 0 Å². The van der Waals surface area contributed by atoms with Crippen LogP contribution in [0.5, 0.6) is 0 Å². The lowest BCUT2D eigenvalue weighted by molar-refractivity contribution is 0.202. The zero-order valence-electron chi connectivity index (χ0n) is 7.34. The van der Waals surface area contributed by atoms with Crippen molar-refractivity contribution >= 4 is 11.6 Å². The highest BCUT2D eigenvalue weighted by atomic mass is 35.5. The molecule has 1 atom stereocenters. The van der Waals surface area contributed by atoms with Gasteiger partial charge in [-0.1, -0.05) is 18.2 Å². The molecule has 0 aromatic heterocycles. The molecule has 0 unspecified atom stereocenters. The molecule has 0 spiro atoms.